The highest BCUT2D eigenvalue weighted by Crippen LogP contribution is 2.45. The number of ether oxygens (including phenoxy) is 4. The van der Waals surface area contributed by atoms with Crippen LogP contribution in [-0.4, -0.2) is 96.7 Å². The van der Waals surface area contributed by atoms with E-state index in [4.69, 9.17) is 37.0 Å². The summed E-state index contributed by atoms with van der Waals surface area (Å²) in [5, 5.41) is 10.6. The fourth-order valence-corrected chi connectivity index (χ4v) is 12.2. The molecule has 17 nitrogen and oxygen atoms in total. The minimum absolute atomic E-state index is 0.103. The van der Waals surface area contributed by atoms with Gasteiger partial charge in [-0.1, -0.05) is 305 Å². The Morgan fingerprint density at radius 2 is 0.567 bits per heavy atom. The molecule has 4 unspecified atom stereocenters. The third-order valence-electron chi connectivity index (χ3n) is 17.1. The van der Waals surface area contributed by atoms with E-state index in [1.165, 1.54) is 161 Å². The van der Waals surface area contributed by atoms with Crippen LogP contribution < -0.4 is 0 Å². The van der Waals surface area contributed by atoms with Gasteiger partial charge < -0.3 is 33.8 Å². The van der Waals surface area contributed by atoms with E-state index >= 15 is 0 Å². The summed E-state index contributed by atoms with van der Waals surface area (Å²) in [7, 11) is -9.90. The van der Waals surface area contributed by atoms with Crippen molar-refractivity contribution in [2.45, 2.75) is 375 Å². The van der Waals surface area contributed by atoms with Gasteiger partial charge in [-0.3, -0.25) is 37.3 Å². The zero-order valence-corrected chi connectivity index (χ0v) is 60.4. The molecule has 90 heavy (non-hydrogen) atoms. The molecule has 0 radical (unpaired) electrons. The predicted molar refractivity (Wildman–Crippen MR) is 363 cm³/mol. The second-order valence-electron chi connectivity index (χ2n) is 26.6. The maximum atomic E-state index is 13.0. The first kappa shape index (κ1) is 88.1. The molecule has 0 saturated carbocycles. The van der Waals surface area contributed by atoms with E-state index in [-0.39, 0.29) is 25.7 Å². The van der Waals surface area contributed by atoms with Gasteiger partial charge in [-0.05, 0) is 43.4 Å². The van der Waals surface area contributed by atoms with Gasteiger partial charge in [0.25, 0.3) is 0 Å². The van der Waals surface area contributed by atoms with Crippen LogP contribution in [0.2, 0.25) is 0 Å². The van der Waals surface area contributed by atoms with E-state index in [0.717, 1.165) is 114 Å². The number of phosphoric ester groups is 2. The zero-order valence-electron chi connectivity index (χ0n) is 58.6. The largest absolute Gasteiger partial charge is 0.472 e. The Kier molecular flexibility index (Phi) is 60.6. The van der Waals surface area contributed by atoms with Crippen LogP contribution in [0.3, 0.4) is 0 Å². The summed E-state index contributed by atoms with van der Waals surface area (Å²) in [6.45, 7) is 11.8. The van der Waals surface area contributed by atoms with Gasteiger partial charge in [-0.2, -0.15) is 0 Å². The third-order valence-corrected chi connectivity index (χ3v) is 19.0. The van der Waals surface area contributed by atoms with Crippen LogP contribution in [0.4, 0.5) is 0 Å². The number of hydrogen-bond donors (Lipinski definition) is 3. The lowest BCUT2D eigenvalue weighted by molar-refractivity contribution is -0.161. The summed E-state index contributed by atoms with van der Waals surface area (Å²) in [6.07, 6.45) is 46.1. The highest BCUT2D eigenvalue weighted by molar-refractivity contribution is 7.47. The average Bonchev–Trinajstić information content (AvgIpc) is 2.37. The lowest BCUT2D eigenvalue weighted by atomic mass is 10.00. The van der Waals surface area contributed by atoms with Crippen LogP contribution in [0.5, 0.6) is 0 Å². The van der Waals surface area contributed by atoms with Gasteiger partial charge in [0.2, 0.25) is 0 Å². The predicted octanol–water partition coefficient (Wildman–Crippen LogP) is 20.2. The molecule has 0 aliphatic rings. The standard InChI is InChI=1S/C71H138O17P2/c1-8-11-12-13-14-25-29-38-45-52-68(73)81-58-67(88-71(76)55-48-41-34-32-37-44-51-64(7)10-3)61-86-90(79,80)84-57-65(72)56-83-89(77,78)85-60-66(59-82-69(74)53-46-39-33-31-36-43-50-63(6)9-2)87-70(75)54-47-40-30-27-24-22-20-18-16-15-17-19-21-23-26-28-35-42-49-62(4)5/h62-67,72H,8-61H2,1-7H3,(H,77,78)(H,79,80)/t63?,64?,65-,66-,67-/m1/s1. The van der Waals surface area contributed by atoms with Crippen molar-refractivity contribution in [1.29, 1.82) is 0 Å². The number of esters is 4. The van der Waals surface area contributed by atoms with Crippen molar-refractivity contribution in [2.24, 2.45) is 17.8 Å². The Morgan fingerprint density at radius 1 is 0.322 bits per heavy atom. The highest BCUT2D eigenvalue weighted by atomic mass is 31.2. The fourth-order valence-electron chi connectivity index (χ4n) is 10.7. The topological polar surface area (TPSA) is 237 Å². The van der Waals surface area contributed by atoms with Crippen molar-refractivity contribution >= 4 is 39.5 Å². The number of aliphatic hydroxyl groups is 1. The molecule has 534 valence electrons. The number of carbonyl (C=O) groups is 4. The Bertz CT molecular complexity index is 1770. The SMILES string of the molecule is CCCCCCCCCCCC(=O)OC[C@H](COP(=O)(O)OC[C@H](O)COP(=O)(O)OC[C@@H](COC(=O)CCCCCCCCC(C)CC)OC(=O)CCCCCCCCCCCCCCCCCCCCC(C)C)OC(=O)CCCCCCCCC(C)CC. The number of rotatable bonds is 69. The molecule has 19 heteroatoms. The number of hydrogen-bond acceptors (Lipinski definition) is 15. The summed E-state index contributed by atoms with van der Waals surface area (Å²) in [4.78, 5) is 72.4. The molecule has 0 saturated heterocycles. The highest BCUT2D eigenvalue weighted by Gasteiger charge is 2.30. The van der Waals surface area contributed by atoms with Crippen molar-refractivity contribution in [2.75, 3.05) is 39.6 Å². The molecule has 0 spiro atoms. The van der Waals surface area contributed by atoms with E-state index in [1.54, 1.807) is 0 Å². The maximum absolute atomic E-state index is 13.0. The minimum Gasteiger partial charge on any atom is -0.462 e. The molecule has 0 heterocycles. The molecular formula is C71H138O17P2. The second kappa shape index (κ2) is 61.9. The first-order chi connectivity index (χ1) is 43.3. The van der Waals surface area contributed by atoms with Gasteiger partial charge in [-0.25, -0.2) is 9.13 Å². The fraction of sp³-hybridized carbons (Fsp3) is 0.944. The van der Waals surface area contributed by atoms with Gasteiger partial charge in [-0.15, -0.1) is 0 Å². The smallest absolute Gasteiger partial charge is 0.462 e. The summed E-state index contributed by atoms with van der Waals surface area (Å²) in [6, 6.07) is 0. The van der Waals surface area contributed by atoms with E-state index in [2.05, 4.69) is 48.5 Å². The van der Waals surface area contributed by atoms with Crippen LogP contribution in [-0.2, 0) is 65.4 Å². The number of aliphatic hydroxyl groups excluding tert-OH is 1. The van der Waals surface area contributed by atoms with Crippen molar-refractivity contribution in [3.05, 3.63) is 0 Å². The van der Waals surface area contributed by atoms with Crippen LogP contribution in [0.25, 0.3) is 0 Å². The van der Waals surface area contributed by atoms with Crippen LogP contribution in [0.15, 0.2) is 0 Å². The Hall–Kier alpha value is -1.94. The summed E-state index contributed by atoms with van der Waals surface area (Å²) >= 11 is 0. The monoisotopic (exact) mass is 1320 g/mol. The zero-order chi connectivity index (χ0) is 66.6. The van der Waals surface area contributed by atoms with Gasteiger partial charge in [0, 0.05) is 25.7 Å². The Labute approximate surface area is 549 Å². The van der Waals surface area contributed by atoms with Gasteiger partial charge in [0.1, 0.15) is 19.3 Å². The van der Waals surface area contributed by atoms with E-state index in [1.807, 2.05) is 0 Å². The molecule has 0 aliphatic carbocycles. The van der Waals surface area contributed by atoms with Crippen molar-refractivity contribution < 1.29 is 80.2 Å². The molecule has 0 aliphatic heterocycles. The van der Waals surface area contributed by atoms with Crippen LogP contribution in [0, 0.1) is 17.8 Å². The number of unbranched alkanes of at least 4 members (excludes halogenated alkanes) is 35. The molecule has 0 aromatic carbocycles. The molecule has 0 bridgehead atoms. The molecule has 0 aromatic rings. The molecule has 0 rings (SSSR count). The molecule has 7 atom stereocenters. The van der Waals surface area contributed by atoms with Gasteiger partial charge in [0.05, 0.1) is 26.4 Å². The van der Waals surface area contributed by atoms with E-state index in [0.29, 0.717) is 25.7 Å². The van der Waals surface area contributed by atoms with Crippen molar-refractivity contribution in [3.63, 3.8) is 0 Å². The molecule has 3 N–H and O–H groups in total. The summed E-state index contributed by atoms with van der Waals surface area (Å²) in [5.41, 5.74) is 0. The number of phosphoric acid groups is 2. The lowest BCUT2D eigenvalue weighted by Gasteiger charge is -2.21. The second-order valence-corrected chi connectivity index (χ2v) is 29.5. The van der Waals surface area contributed by atoms with Gasteiger partial charge >= 0.3 is 39.5 Å². The average molecular weight is 1330 g/mol. The Balaban J connectivity index is 5.15. The third kappa shape index (κ3) is 62.2. The first-order valence-corrected chi connectivity index (χ1v) is 39.9. The minimum atomic E-state index is -4.95. The van der Waals surface area contributed by atoms with E-state index < -0.39 is 97.5 Å². The summed E-state index contributed by atoms with van der Waals surface area (Å²) < 4.78 is 68.2. The molecule has 0 fully saturated rings. The molecule has 0 aromatic heterocycles. The van der Waals surface area contributed by atoms with Gasteiger partial charge in [0.15, 0.2) is 12.2 Å². The Morgan fingerprint density at radius 3 is 0.844 bits per heavy atom. The first-order valence-electron chi connectivity index (χ1n) is 36.9. The number of carbonyl (C=O) groups excluding carboxylic acids is 4. The van der Waals surface area contributed by atoms with E-state index in [9.17, 15) is 43.2 Å². The van der Waals surface area contributed by atoms with Crippen molar-refractivity contribution in [3.8, 4) is 0 Å². The van der Waals surface area contributed by atoms with Crippen LogP contribution >= 0.6 is 15.6 Å². The normalized spacial score (nSPS) is 14.8. The molecule has 0 amide bonds. The lowest BCUT2D eigenvalue weighted by Crippen LogP contribution is -2.30. The summed E-state index contributed by atoms with van der Waals surface area (Å²) in [5.74, 6) is 0.140. The van der Waals surface area contributed by atoms with Crippen molar-refractivity contribution in [1.82, 2.24) is 0 Å². The molecular weight excluding hydrogens is 1190 g/mol. The maximum Gasteiger partial charge on any atom is 0.472 e. The quantitative estimate of drug-likeness (QED) is 0.0222. The van der Waals surface area contributed by atoms with Crippen LogP contribution in [0.1, 0.15) is 357 Å².